The van der Waals surface area contributed by atoms with Gasteiger partial charge in [0.2, 0.25) is 5.91 Å². The Bertz CT molecular complexity index is 1070. The number of nitrogens with zero attached hydrogens (tertiary/aromatic N) is 2. The molecule has 154 valence electrons. The lowest BCUT2D eigenvalue weighted by Crippen LogP contribution is -2.37. The number of esters is 1. The van der Waals surface area contributed by atoms with Crippen molar-refractivity contribution in [1.29, 1.82) is 0 Å². The van der Waals surface area contributed by atoms with Crippen molar-refractivity contribution in [3.05, 3.63) is 49.0 Å². The molecule has 0 spiro atoms. The topological polar surface area (TPSA) is 104 Å². The minimum atomic E-state index is -0.482. The first-order valence-corrected chi connectivity index (χ1v) is 10.7. The van der Waals surface area contributed by atoms with E-state index in [4.69, 9.17) is 4.74 Å². The third kappa shape index (κ3) is 4.89. The number of ether oxygens (including phenoxy) is 1. The van der Waals surface area contributed by atoms with Gasteiger partial charge in [-0.3, -0.25) is 14.5 Å². The van der Waals surface area contributed by atoms with Gasteiger partial charge in [-0.2, -0.15) is 0 Å². The van der Waals surface area contributed by atoms with Crippen LogP contribution in [-0.2, 0) is 22.6 Å². The highest BCUT2D eigenvalue weighted by Gasteiger charge is 2.20. The fraction of sp³-hybridized carbons (Fsp3) is 0.368. The number of carbonyl (C=O) groups excluding carboxylic acids is 2. The molecule has 1 amide bonds. The monoisotopic (exact) mass is 434 g/mol. The first-order valence-electron chi connectivity index (χ1n) is 9.05. The highest BCUT2D eigenvalue weighted by molar-refractivity contribution is 7.20. The number of fused-ring (bicyclic) bond motifs is 1. The number of rotatable bonds is 8. The van der Waals surface area contributed by atoms with Gasteiger partial charge >= 0.3 is 5.97 Å². The summed E-state index contributed by atoms with van der Waals surface area (Å²) in [5.41, 5.74) is 0.268. The number of aryl methyl sites for hydroxylation is 1. The minimum Gasteiger partial charge on any atom is -0.465 e. The SMILES string of the molecule is CCN(CC(=O)NCc1cccs1)Cc1nc2sc(C(=O)OC)c(C)c2c(=O)[nH]1. The number of nitrogens with one attached hydrogen (secondary N) is 2. The van der Waals surface area contributed by atoms with Gasteiger partial charge in [-0.15, -0.1) is 22.7 Å². The number of aromatic amines is 1. The molecule has 2 N–H and O–H groups in total. The lowest BCUT2D eigenvalue weighted by Gasteiger charge is -2.19. The van der Waals surface area contributed by atoms with Crippen molar-refractivity contribution in [2.24, 2.45) is 0 Å². The van der Waals surface area contributed by atoms with E-state index in [0.717, 1.165) is 16.2 Å². The van der Waals surface area contributed by atoms with Crippen molar-refractivity contribution in [2.75, 3.05) is 20.2 Å². The zero-order valence-corrected chi connectivity index (χ0v) is 18.0. The largest absolute Gasteiger partial charge is 0.465 e. The Labute approximate surface area is 175 Å². The number of hydrogen-bond acceptors (Lipinski definition) is 8. The summed E-state index contributed by atoms with van der Waals surface area (Å²) in [6.45, 7) is 5.27. The molecule has 0 bridgehead atoms. The highest BCUT2D eigenvalue weighted by atomic mass is 32.1. The summed E-state index contributed by atoms with van der Waals surface area (Å²) in [6.07, 6.45) is 0. The molecule has 0 atom stereocenters. The van der Waals surface area contributed by atoms with Crippen LogP contribution >= 0.6 is 22.7 Å². The number of thiophene rings is 2. The number of carbonyl (C=O) groups is 2. The minimum absolute atomic E-state index is 0.0939. The van der Waals surface area contributed by atoms with Crippen molar-refractivity contribution < 1.29 is 14.3 Å². The number of H-pyrrole nitrogens is 1. The Morgan fingerprint density at radius 1 is 1.38 bits per heavy atom. The van der Waals surface area contributed by atoms with Crippen molar-refractivity contribution in [1.82, 2.24) is 20.2 Å². The predicted octanol–water partition coefficient (Wildman–Crippen LogP) is 2.28. The summed E-state index contributed by atoms with van der Waals surface area (Å²) in [5, 5.41) is 5.26. The molecule has 0 fully saturated rings. The van der Waals surface area contributed by atoms with Crippen LogP contribution in [0.1, 0.15) is 32.9 Å². The molecular weight excluding hydrogens is 412 g/mol. The normalized spacial score (nSPS) is 11.2. The first-order chi connectivity index (χ1) is 13.9. The number of methoxy groups -OCH3 is 1. The first kappa shape index (κ1) is 21.2. The standard InChI is InChI=1S/C19H22N4O4S2/c1-4-23(10-14(24)20-8-12-6-5-7-28-12)9-13-21-17(25)15-11(2)16(19(26)27-3)29-18(15)22-13/h5-7H,4,8-10H2,1-3H3,(H,20,24)(H,21,22,25). The molecule has 0 aromatic carbocycles. The quantitative estimate of drug-likeness (QED) is 0.527. The number of likely N-dealkylation sites (N-methyl/N-ethyl adjacent to an activating group) is 1. The molecule has 29 heavy (non-hydrogen) atoms. The van der Waals surface area contributed by atoms with E-state index in [1.54, 1.807) is 18.3 Å². The molecule has 3 aromatic heterocycles. The maximum Gasteiger partial charge on any atom is 0.348 e. The molecule has 0 aliphatic heterocycles. The van der Waals surface area contributed by atoms with Gasteiger partial charge in [-0.05, 0) is 30.5 Å². The van der Waals surface area contributed by atoms with Crippen LogP contribution in [0.25, 0.3) is 10.2 Å². The van der Waals surface area contributed by atoms with E-state index >= 15 is 0 Å². The van der Waals surface area contributed by atoms with Gasteiger partial charge in [0.1, 0.15) is 15.5 Å². The van der Waals surface area contributed by atoms with Crippen LogP contribution in [0.5, 0.6) is 0 Å². The smallest absolute Gasteiger partial charge is 0.348 e. The van der Waals surface area contributed by atoms with E-state index < -0.39 is 5.97 Å². The van der Waals surface area contributed by atoms with Crippen LogP contribution in [-0.4, -0.2) is 46.9 Å². The maximum absolute atomic E-state index is 12.5. The van der Waals surface area contributed by atoms with Crippen LogP contribution in [0.15, 0.2) is 22.3 Å². The van der Waals surface area contributed by atoms with E-state index in [1.807, 2.05) is 29.3 Å². The Kier molecular flexibility index (Phi) is 6.78. The molecule has 3 heterocycles. The lowest BCUT2D eigenvalue weighted by molar-refractivity contribution is -0.122. The summed E-state index contributed by atoms with van der Waals surface area (Å²) in [5.74, 6) is -0.124. The molecule has 3 rings (SSSR count). The summed E-state index contributed by atoms with van der Waals surface area (Å²) < 4.78 is 4.77. The van der Waals surface area contributed by atoms with E-state index in [2.05, 4.69) is 15.3 Å². The zero-order valence-electron chi connectivity index (χ0n) is 16.4. The van der Waals surface area contributed by atoms with Gasteiger partial charge in [-0.1, -0.05) is 13.0 Å². The maximum atomic E-state index is 12.5. The molecule has 0 aliphatic rings. The van der Waals surface area contributed by atoms with Gasteiger partial charge in [0.15, 0.2) is 0 Å². The third-order valence-corrected chi connectivity index (χ3v) is 6.49. The van der Waals surface area contributed by atoms with Crippen LogP contribution in [0.4, 0.5) is 0 Å². The summed E-state index contributed by atoms with van der Waals surface area (Å²) >= 11 is 2.73. The summed E-state index contributed by atoms with van der Waals surface area (Å²) in [6, 6.07) is 3.92. The second-order valence-electron chi connectivity index (χ2n) is 6.40. The zero-order chi connectivity index (χ0) is 21.0. The highest BCUT2D eigenvalue weighted by Crippen LogP contribution is 2.27. The van der Waals surface area contributed by atoms with Gasteiger partial charge < -0.3 is 15.0 Å². The molecule has 0 radical (unpaired) electrons. The van der Waals surface area contributed by atoms with Crippen LogP contribution in [0.2, 0.25) is 0 Å². The number of hydrogen-bond donors (Lipinski definition) is 2. The van der Waals surface area contributed by atoms with Crippen molar-refractivity contribution in [3.8, 4) is 0 Å². The van der Waals surface area contributed by atoms with E-state index in [-0.39, 0.29) is 18.0 Å². The van der Waals surface area contributed by atoms with Crippen LogP contribution in [0.3, 0.4) is 0 Å². The van der Waals surface area contributed by atoms with E-state index in [1.165, 1.54) is 7.11 Å². The van der Waals surface area contributed by atoms with E-state index in [9.17, 15) is 14.4 Å². The summed E-state index contributed by atoms with van der Waals surface area (Å²) in [4.78, 5) is 47.8. The average molecular weight is 435 g/mol. The fourth-order valence-electron chi connectivity index (χ4n) is 2.90. The van der Waals surface area contributed by atoms with Gasteiger partial charge in [-0.25, -0.2) is 9.78 Å². The van der Waals surface area contributed by atoms with Crippen molar-refractivity contribution in [2.45, 2.75) is 26.9 Å². The van der Waals surface area contributed by atoms with Gasteiger partial charge in [0.25, 0.3) is 5.56 Å². The lowest BCUT2D eigenvalue weighted by atomic mass is 10.2. The van der Waals surface area contributed by atoms with Gasteiger partial charge in [0.05, 0.1) is 32.1 Å². The number of aromatic nitrogens is 2. The molecule has 0 unspecified atom stereocenters. The molecule has 0 saturated heterocycles. The molecular formula is C19H22N4O4S2. The Balaban J connectivity index is 1.72. The van der Waals surface area contributed by atoms with Crippen molar-refractivity contribution >= 4 is 44.8 Å². The fourth-order valence-corrected chi connectivity index (χ4v) is 4.66. The predicted molar refractivity (Wildman–Crippen MR) is 113 cm³/mol. The molecule has 8 nitrogen and oxygen atoms in total. The molecule has 3 aromatic rings. The molecule has 10 heteroatoms. The van der Waals surface area contributed by atoms with E-state index in [0.29, 0.717) is 46.1 Å². The second-order valence-corrected chi connectivity index (χ2v) is 8.43. The van der Waals surface area contributed by atoms with Crippen LogP contribution in [0, 0.1) is 6.92 Å². The Hall–Kier alpha value is -2.56. The molecule has 0 aliphatic carbocycles. The average Bonchev–Trinajstić information content (AvgIpc) is 3.33. The van der Waals surface area contributed by atoms with Crippen molar-refractivity contribution in [3.63, 3.8) is 0 Å². The molecule has 0 saturated carbocycles. The number of amides is 1. The summed E-state index contributed by atoms with van der Waals surface area (Å²) in [7, 11) is 1.30. The second kappa shape index (κ2) is 9.29. The Morgan fingerprint density at radius 2 is 2.17 bits per heavy atom. The Morgan fingerprint density at radius 3 is 2.83 bits per heavy atom. The third-order valence-electron chi connectivity index (χ3n) is 4.45. The van der Waals surface area contributed by atoms with Gasteiger partial charge in [0, 0.05) is 4.88 Å². The van der Waals surface area contributed by atoms with Crippen LogP contribution < -0.4 is 10.9 Å².